The lowest BCUT2D eigenvalue weighted by Gasteiger charge is -2.16. The summed E-state index contributed by atoms with van der Waals surface area (Å²) in [5.74, 6) is 0.228. The molecule has 6 nitrogen and oxygen atoms in total. The number of ether oxygens (including phenoxy) is 1. The highest BCUT2D eigenvalue weighted by molar-refractivity contribution is 5.94. The van der Waals surface area contributed by atoms with E-state index < -0.39 is 6.10 Å². The Kier molecular flexibility index (Phi) is 6.14. The molecule has 0 saturated carbocycles. The molecule has 2 aromatic rings. The first-order valence-electron chi connectivity index (χ1n) is 8.48. The van der Waals surface area contributed by atoms with Gasteiger partial charge in [-0.3, -0.25) is 15.6 Å². The van der Waals surface area contributed by atoms with Crippen molar-refractivity contribution in [1.29, 1.82) is 0 Å². The van der Waals surface area contributed by atoms with Crippen LogP contribution < -0.4 is 21.9 Å². The molecule has 132 valence electrons. The molecule has 1 saturated heterocycles. The molecule has 1 fully saturated rings. The van der Waals surface area contributed by atoms with Gasteiger partial charge in [0.2, 0.25) is 0 Å². The summed E-state index contributed by atoms with van der Waals surface area (Å²) in [5.41, 5.74) is 14.9. The number of hydrogen-bond acceptors (Lipinski definition) is 5. The number of nitrogens with one attached hydrogen (secondary N) is 3. The lowest BCUT2D eigenvalue weighted by molar-refractivity contribution is -0.127. The fourth-order valence-corrected chi connectivity index (χ4v) is 2.78. The van der Waals surface area contributed by atoms with Gasteiger partial charge in [-0.05, 0) is 23.3 Å². The number of hydrogen-bond donors (Lipinski definition) is 4. The minimum Gasteiger partial charge on any atom is -0.362 e. The first-order valence-corrected chi connectivity index (χ1v) is 8.48. The van der Waals surface area contributed by atoms with E-state index in [1.807, 2.05) is 54.6 Å². The fourth-order valence-electron chi connectivity index (χ4n) is 2.78. The number of anilines is 1. The maximum atomic E-state index is 12.4. The van der Waals surface area contributed by atoms with E-state index in [2.05, 4.69) is 16.2 Å². The van der Waals surface area contributed by atoms with Crippen LogP contribution in [-0.4, -0.2) is 31.6 Å². The molecule has 5 N–H and O–H groups in total. The Morgan fingerprint density at radius 2 is 1.80 bits per heavy atom. The average molecular weight is 340 g/mol. The predicted molar refractivity (Wildman–Crippen MR) is 97.9 cm³/mol. The summed E-state index contributed by atoms with van der Waals surface area (Å²) < 4.78 is 5.66. The summed E-state index contributed by atoms with van der Waals surface area (Å²) in [6.07, 6.45) is -0.678. The zero-order chi connectivity index (χ0) is 17.5. The van der Waals surface area contributed by atoms with Crippen LogP contribution in [0.3, 0.4) is 0 Å². The predicted octanol–water partition coefficient (Wildman–Crippen LogP) is 1.36. The van der Waals surface area contributed by atoms with E-state index in [-0.39, 0.29) is 12.5 Å². The van der Waals surface area contributed by atoms with Crippen molar-refractivity contribution in [2.45, 2.75) is 18.6 Å². The van der Waals surface area contributed by atoms with Gasteiger partial charge < -0.3 is 15.8 Å². The Morgan fingerprint density at radius 3 is 2.44 bits per heavy atom. The molecule has 0 spiro atoms. The highest BCUT2D eigenvalue weighted by Crippen LogP contribution is 2.19. The maximum Gasteiger partial charge on any atom is 0.254 e. The average Bonchev–Trinajstić information content (AvgIpc) is 3.18. The van der Waals surface area contributed by atoms with Gasteiger partial charge in [0.05, 0.1) is 6.61 Å². The standard InChI is InChI=1S/C19H24N4O2/c20-10-18(25-13-14-4-2-1-3-5-14)19(24)23-17-8-6-15(7-9-17)16-11-21-22-12-16/h1-9,16,18,21-22H,10-13,20H2,(H,23,24). The van der Waals surface area contributed by atoms with E-state index in [0.29, 0.717) is 12.5 Å². The number of carbonyl (C=O) groups excluding carboxylic acids is 1. The van der Waals surface area contributed by atoms with Gasteiger partial charge >= 0.3 is 0 Å². The molecule has 1 aliphatic heterocycles. The van der Waals surface area contributed by atoms with Crippen LogP contribution in [0.15, 0.2) is 54.6 Å². The van der Waals surface area contributed by atoms with Gasteiger partial charge in [-0.15, -0.1) is 0 Å². The zero-order valence-corrected chi connectivity index (χ0v) is 14.1. The van der Waals surface area contributed by atoms with Crippen molar-refractivity contribution in [3.05, 3.63) is 65.7 Å². The van der Waals surface area contributed by atoms with Crippen LogP contribution in [0.5, 0.6) is 0 Å². The van der Waals surface area contributed by atoms with Gasteiger partial charge in [0.15, 0.2) is 0 Å². The van der Waals surface area contributed by atoms with Crippen molar-refractivity contribution in [3.8, 4) is 0 Å². The topological polar surface area (TPSA) is 88.4 Å². The molecule has 6 heteroatoms. The first kappa shape index (κ1) is 17.6. The molecule has 2 aromatic carbocycles. The smallest absolute Gasteiger partial charge is 0.254 e. The third kappa shape index (κ3) is 4.87. The van der Waals surface area contributed by atoms with E-state index in [1.54, 1.807) is 0 Å². The lowest BCUT2D eigenvalue weighted by Crippen LogP contribution is -2.36. The quantitative estimate of drug-likeness (QED) is 0.611. The third-order valence-corrected chi connectivity index (χ3v) is 4.27. The molecular weight excluding hydrogens is 316 g/mol. The second kappa shape index (κ2) is 8.73. The van der Waals surface area contributed by atoms with E-state index in [1.165, 1.54) is 5.56 Å². The molecule has 25 heavy (non-hydrogen) atoms. The van der Waals surface area contributed by atoms with Gasteiger partial charge in [-0.1, -0.05) is 42.5 Å². The Balaban J connectivity index is 1.54. The summed E-state index contributed by atoms with van der Waals surface area (Å²) in [5, 5.41) is 2.87. The summed E-state index contributed by atoms with van der Waals surface area (Å²) in [6.45, 7) is 2.31. The van der Waals surface area contributed by atoms with Crippen LogP contribution in [-0.2, 0) is 16.1 Å². The number of carbonyl (C=O) groups is 1. The molecule has 0 radical (unpaired) electrons. The number of benzene rings is 2. The molecule has 3 rings (SSSR count). The largest absolute Gasteiger partial charge is 0.362 e. The van der Waals surface area contributed by atoms with E-state index in [9.17, 15) is 4.79 Å². The number of nitrogens with two attached hydrogens (primary N) is 1. The molecule has 0 bridgehead atoms. The monoisotopic (exact) mass is 340 g/mol. The lowest BCUT2D eigenvalue weighted by atomic mass is 10.0. The van der Waals surface area contributed by atoms with Gasteiger partial charge in [0.1, 0.15) is 6.10 Å². The molecular formula is C19H24N4O2. The Hall–Kier alpha value is -2.25. The van der Waals surface area contributed by atoms with Crippen LogP contribution in [0, 0.1) is 0 Å². The molecule has 1 atom stereocenters. The van der Waals surface area contributed by atoms with Crippen molar-refractivity contribution in [2.75, 3.05) is 25.0 Å². The molecule has 0 aliphatic carbocycles. The highest BCUT2D eigenvalue weighted by Gasteiger charge is 2.19. The molecule has 1 amide bonds. The minimum absolute atomic E-state index is 0.135. The van der Waals surface area contributed by atoms with Crippen LogP contribution in [0.25, 0.3) is 0 Å². The van der Waals surface area contributed by atoms with Crippen LogP contribution in [0.4, 0.5) is 5.69 Å². The van der Waals surface area contributed by atoms with Crippen molar-refractivity contribution in [3.63, 3.8) is 0 Å². The molecule has 1 aliphatic rings. The SMILES string of the molecule is NCC(OCc1ccccc1)C(=O)Nc1ccc(C2CNNC2)cc1. The van der Waals surface area contributed by atoms with Crippen LogP contribution in [0.2, 0.25) is 0 Å². The minimum atomic E-state index is -0.678. The zero-order valence-electron chi connectivity index (χ0n) is 14.1. The summed E-state index contributed by atoms with van der Waals surface area (Å²) >= 11 is 0. The Labute approximate surface area is 147 Å². The van der Waals surface area contributed by atoms with Crippen molar-refractivity contribution in [2.24, 2.45) is 5.73 Å². The molecule has 0 aromatic heterocycles. The normalized spacial score (nSPS) is 15.9. The van der Waals surface area contributed by atoms with E-state index in [0.717, 1.165) is 24.3 Å². The van der Waals surface area contributed by atoms with E-state index in [4.69, 9.17) is 10.5 Å². The number of rotatable bonds is 7. The Morgan fingerprint density at radius 1 is 1.12 bits per heavy atom. The second-order valence-corrected chi connectivity index (χ2v) is 6.09. The Bertz CT molecular complexity index is 670. The van der Waals surface area contributed by atoms with Crippen molar-refractivity contribution in [1.82, 2.24) is 10.9 Å². The molecule has 1 unspecified atom stereocenters. The second-order valence-electron chi connectivity index (χ2n) is 6.09. The summed E-state index contributed by atoms with van der Waals surface area (Å²) in [6, 6.07) is 17.6. The first-order chi connectivity index (χ1) is 12.3. The van der Waals surface area contributed by atoms with Gasteiger partial charge in [-0.2, -0.15) is 0 Å². The molecule has 1 heterocycles. The van der Waals surface area contributed by atoms with Crippen LogP contribution >= 0.6 is 0 Å². The number of hydrazine groups is 1. The fraction of sp³-hybridized carbons (Fsp3) is 0.316. The van der Waals surface area contributed by atoms with E-state index >= 15 is 0 Å². The number of amides is 1. The summed E-state index contributed by atoms with van der Waals surface area (Å²) in [4.78, 5) is 12.4. The third-order valence-electron chi connectivity index (χ3n) is 4.27. The summed E-state index contributed by atoms with van der Waals surface area (Å²) in [7, 11) is 0. The van der Waals surface area contributed by atoms with Gasteiger partial charge in [0, 0.05) is 31.2 Å². The highest BCUT2D eigenvalue weighted by atomic mass is 16.5. The van der Waals surface area contributed by atoms with Crippen molar-refractivity contribution < 1.29 is 9.53 Å². The van der Waals surface area contributed by atoms with Crippen molar-refractivity contribution >= 4 is 11.6 Å². The van der Waals surface area contributed by atoms with Gasteiger partial charge in [-0.25, -0.2) is 0 Å². The maximum absolute atomic E-state index is 12.4. The van der Waals surface area contributed by atoms with Gasteiger partial charge in [0.25, 0.3) is 5.91 Å². The van der Waals surface area contributed by atoms with Crippen LogP contribution in [0.1, 0.15) is 17.0 Å².